The molecule has 1 aliphatic heterocycles. The SMILES string of the molecule is CC.CN(C)C(=O)NCC1CCC2C(CC3C4CC[C@H]5C(C)(C)[C@@H](O)CCC56CC46CCC23C)O1. The number of urea groups is 1. The van der Waals surface area contributed by atoms with Gasteiger partial charge in [0.25, 0.3) is 0 Å². The van der Waals surface area contributed by atoms with Crippen LogP contribution in [0.5, 0.6) is 0 Å². The van der Waals surface area contributed by atoms with Crippen LogP contribution in [0, 0.1) is 45.3 Å². The Bertz CT molecular complexity index is 828. The molecule has 8 unspecified atom stereocenters. The van der Waals surface area contributed by atoms with Gasteiger partial charge in [0.1, 0.15) is 0 Å². The third-order valence-electron chi connectivity index (χ3n) is 12.5. The third kappa shape index (κ3) is 3.49. The fraction of sp³-hybridized carbons (Fsp3) is 0.967. The van der Waals surface area contributed by atoms with E-state index in [1.54, 1.807) is 19.0 Å². The Hall–Kier alpha value is -0.810. The van der Waals surface area contributed by atoms with Crippen molar-refractivity contribution in [3.05, 3.63) is 0 Å². The van der Waals surface area contributed by atoms with Crippen LogP contribution in [0.15, 0.2) is 0 Å². The van der Waals surface area contributed by atoms with E-state index in [4.69, 9.17) is 4.74 Å². The minimum atomic E-state index is -0.121. The van der Waals surface area contributed by atoms with Crippen LogP contribution < -0.4 is 5.32 Å². The molecule has 5 saturated carbocycles. The summed E-state index contributed by atoms with van der Waals surface area (Å²) in [6, 6.07) is -0.0222. The summed E-state index contributed by atoms with van der Waals surface area (Å²) in [6.07, 6.45) is 13.2. The van der Waals surface area contributed by atoms with Gasteiger partial charge in [-0.15, -0.1) is 0 Å². The van der Waals surface area contributed by atoms with Gasteiger partial charge in [-0.05, 0) is 110 Å². The second kappa shape index (κ2) is 8.61. The first-order valence-electron chi connectivity index (χ1n) is 14.8. The predicted octanol–water partition coefficient (Wildman–Crippen LogP) is 5.85. The van der Waals surface area contributed by atoms with Gasteiger partial charge in [-0.25, -0.2) is 4.79 Å². The number of ether oxygens (including phenoxy) is 1. The number of hydrogen-bond acceptors (Lipinski definition) is 3. The number of nitrogens with one attached hydrogen (secondary N) is 1. The number of amides is 2. The van der Waals surface area contributed by atoms with Crippen molar-refractivity contribution in [2.75, 3.05) is 20.6 Å². The molecule has 35 heavy (non-hydrogen) atoms. The summed E-state index contributed by atoms with van der Waals surface area (Å²) in [6.45, 7) is 12.0. The number of hydrogen-bond donors (Lipinski definition) is 2. The van der Waals surface area contributed by atoms with Crippen molar-refractivity contribution in [1.29, 1.82) is 0 Å². The molecule has 2 N–H and O–H groups in total. The average Bonchev–Trinajstić information content (AvgIpc) is 3.41. The van der Waals surface area contributed by atoms with Crippen LogP contribution in [0.1, 0.15) is 98.8 Å². The molecule has 0 aromatic heterocycles. The van der Waals surface area contributed by atoms with Gasteiger partial charge in [0.05, 0.1) is 18.3 Å². The minimum absolute atomic E-state index is 0.0222. The number of carbonyl (C=O) groups excluding carboxylic acids is 1. The van der Waals surface area contributed by atoms with Crippen LogP contribution in [-0.4, -0.2) is 55.0 Å². The van der Waals surface area contributed by atoms with Gasteiger partial charge in [0.2, 0.25) is 0 Å². The Morgan fingerprint density at radius 1 is 0.943 bits per heavy atom. The lowest BCUT2D eigenvalue weighted by molar-refractivity contribution is -0.134. The summed E-state index contributed by atoms with van der Waals surface area (Å²) in [5, 5.41) is 13.9. The standard InChI is InChI=1S/C28H46N2O3.C2H6/c1-25(2)22-9-8-18-20-14-21-19(7-6-17(33-21)15-29-24(32)30(4)5)26(20,3)12-13-27(18)16-28(22,27)11-10-23(25)31;1-2/h17-23,31H,6-16H2,1-5H3,(H,29,32);1-2H3/t17?,18?,19?,20?,21?,22-,23-,26?,27?,28?;/m0./s1. The van der Waals surface area contributed by atoms with Crippen LogP contribution in [-0.2, 0) is 4.74 Å². The van der Waals surface area contributed by atoms with E-state index >= 15 is 0 Å². The molecule has 5 aliphatic carbocycles. The summed E-state index contributed by atoms with van der Waals surface area (Å²) in [7, 11) is 3.58. The molecular formula is C30H52N2O3. The monoisotopic (exact) mass is 488 g/mol. The summed E-state index contributed by atoms with van der Waals surface area (Å²) >= 11 is 0. The fourth-order valence-corrected chi connectivity index (χ4v) is 10.8. The highest BCUT2D eigenvalue weighted by Crippen LogP contribution is 2.87. The van der Waals surface area contributed by atoms with E-state index in [1.807, 2.05) is 13.8 Å². The van der Waals surface area contributed by atoms with Gasteiger partial charge in [0.15, 0.2) is 0 Å². The molecule has 0 aromatic carbocycles. The molecule has 6 rings (SSSR count). The highest BCUT2D eigenvalue weighted by atomic mass is 16.5. The summed E-state index contributed by atoms with van der Waals surface area (Å²) in [4.78, 5) is 13.6. The Kier molecular flexibility index (Phi) is 6.35. The minimum Gasteiger partial charge on any atom is -0.393 e. The first-order valence-corrected chi connectivity index (χ1v) is 14.8. The topological polar surface area (TPSA) is 61.8 Å². The maximum absolute atomic E-state index is 12.0. The van der Waals surface area contributed by atoms with E-state index in [-0.39, 0.29) is 23.7 Å². The molecule has 5 heteroatoms. The number of fused-ring (bicyclic) bond motifs is 4. The molecule has 10 atom stereocenters. The van der Waals surface area contributed by atoms with Gasteiger partial charge >= 0.3 is 6.03 Å². The van der Waals surface area contributed by atoms with Crippen molar-refractivity contribution in [1.82, 2.24) is 10.2 Å². The first kappa shape index (κ1) is 25.8. The lowest BCUT2D eigenvalue weighted by Crippen LogP contribution is -2.54. The molecule has 0 aromatic rings. The highest BCUT2D eigenvalue weighted by molar-refractivity contribution is 5.73. The first-order chi connectivity index (χ1) is 16.5. The molecule has 1 heterocycles. The number of aliphatic hydroxyl groups is 1. The Morgan fingerprint density at radius 3 is 2.37 bits per heavy atom. The number of aliphatic hydroxyl groups excluding tert-OH is 1. The van der Waals surface area contributed by atoms with Gasteiger partial charge in [0, 0.05) is 20.6 Å². The Morgan fingerprint density at radius 2 is 1.66 bits per heavy atom. The van der Waals surface area contributed by atoms with E-state index in [0.29, 0.717) is 40.7 Å². The van der Waals surface area contributed by atoms with Crippen LogP contribution in [0.25, 0.3) is 0 Å². The zero-order valence-electron chi connectivity index (χ0n) is 23.5. The maximum atomic E-state index is 12.0. The van der Waals surface area contributed by atoms with Crippen molar-refractivity contribution in [3.63, 3.8) is 0 Å². The number of nitrogens with zero attached hydrogens (tertiary/aromatic N) is 1. The Balaban J connectivity index is 0.00000124. The third-order valence-corrected chi connectivity index (χ3v) is 12.5. The fourth-order valence-electron chi connectivity index (χ4n) is 10.8. The van der Waals surface area contributed by atoms with E-state index in [2.05, 4.69) is 26.1 Å². The summed E-state index contributed by atoms with van der Waals surface area (Å²) < 4.78 is 6.71. The molecule has 0 bridgehead atoms. The molecule has 1 saturated heterocycles. The summed E-state index contributed by atoms with van der Waals surface area (Å²) in [5.41, 5.74) is 1.58. The van der Waals surface area contributed by atoms with Gasteiger partial charge in [-0.3, -0.25) is 0 Å². The van der Waals surface area contributed by atoms with E-state index in [0.717, 1.165) is 24.7 Å². The molecule has 6 fully saturated rings. The smallest absolute Gasteiger partial charge is 0.316 e. The maximum Gasteiger partial charge on any atom is 0.316 e. The van der Waals surface area contributed by atoms with Gasteiger partial charge in [-0.2, -0.15) is 0 Å². The van der Waals surface area contributed by atoms with Crippen LogP contribution in [0.4, 0.5) is 4.79 Å². The zero-order chi connectivity index (χ0) is 25.4. The largest absolute Gasteiger partial charge is 0.393 e. The Labute approximate surface area is 214 Å². The lowest BCUT2D eigenvalue weighted by Gasteiger charge is -2.59. The van der Waals surface area contributed by atoms with E-state index < -0.39 is 0 Å². The van der Waals surface area contributed by atoms with Crippen molar-refractivity contribution in [2.45, 2.75) is 117 Å². The molecule has 2 spiro atoms. The number of rotatable bonds is 2. The molecule has 6 aliphatic rings. The van der Waals surface area contributed by atoms with Gasteiger partial charge in [-0.1, -0.05) is 34.6 Å². The molecule has 5 nitrogen and oxygen atoms in total. The van der Waals surface area contributed by atoms with Gasteiger partial charge < -0.3 is 20.1 Å². The normalized spacial score (nSPS) is 50.7. The zero-order valence-corrected chi connectivity index (χ0v) is 23.5. The van der Waals surface area contributed by atoms with Crippen LogP contribution in [0.2, 0.25) is 0 Å². The van der Waals surface area contributed by atoms with Crippen LogP contribution in [0.3, 0.4) is 0 Å². The molecule has 200 valence electrons. The van der Waals surface area contributed by atoms with E-state index in [9.17, 15) is 9.90 Å². The van der Waals surface area contributed by atoms with E-state index in [1.165, 1.54) is 51.4 Å². The van der Waals surface area contributed by atoms with Crippen LogP contribution >= 0.6 is 0 Å². The summed E-state index contributed by atoms with van der Waals surface area (Å²) in [5.74, 6) is 3.06. The second-order valence-electron chi connectivity index (χ2n) is 14.0. The second-order valence-corrected chi connectivity index (χ2v) is 14.0. The number of carbonyl (C=O) groups is 1. The lowest BCUT2D eigenvalue weighted by atomic mass is 9.46. The molecule has 2 amide bonds. The predicted molar refractivity (Wildman–Crippen MR) is 140 cm³/mol. The molecular weight excluding hydrogens is 436 g/mol. The van der Waals surface area contributed by atoms with Crippen molar-refractivity contribution < 1.29 is 14.6 Å². The van der Waals surface area contributed by atoms with Crippen molar-refractivity contribution >= 4 is 6.03 Å². The average molecular weight is 489 g/mol. The van der Waals surface area contributed by atoms with Crippen molar-refractivity contribution in [3.8, 4) is 0 Å². The highest BCUT2D eigenvalue weighted by Gasteiger charge is 2.80. The molecule has 0 radical (unpaired) electrons. The quantitative estimate of drug-likeness (QED) is 0.512. The van der Waals surface area contributed by atoms with Crippen molar-refractivity contribution in [2.24, 2.45) is 45.3 Å².